The van der Waals surface area contributed by atoms with E-state index in [1.807, 2.05) is 60.8 Å². The molecule has 4 aromatic carbocycles. The molecule has 11 N–H and O–H groups in total. The fraction of sp³-hybridized carbons (Fsp3) is 0.480. The highest BCUT2D eigenvalue weighted by Crippen LogP contribution is 2.40. The van der Waals surface area contributed by atoms with E-state index in [1.165, 1.54) is 0 Å². The molecule has 2 fully saturated rings. The number of nitrogens with zero attached hydrogens (tertiary/aromatic N) is 8. The Morgan fingerprint density at radius 1 is 0.698 bits per heavy atom. The Morgan fingerprint density at radius 3 is 2.14 bits per heavy atom. The van der Waals surface area contributed by atoms with Gasteiger partial charge in [-0.2, -0.15) is 20.4 Å². The largest absolute Gasteiger partial charge is 0.496 e. The smallest absolute Gasteiger partial charge is 0.410 e. The zero-order chi connectivity index (χ0) is 74.8. The number of fused-ring (bicyclic) bond motifs is 6. The van der Waals surface area contributed by atoms with Crippen LogP contribution in [-0.2, 0) is 78.6 Å². The minimum atomic E-state index is -1.06. The van der Waals surface area contributed by atoms with Crippen LogP contribution >= 0.6 is 0 Å². The van der Waals surface area contributed by atoms with Crippen LogP contribution < -0.4 is 53.0 Å². The number of anilines is 4. The van der Waals surface area contributed by atoms with Crippen LogP contribution in [0.5, 0.6) is 5.75 Å². The summed E-state index contributed by atoms with van der Waals surface area (Å²) in [7, 11) is 1.67. The van der Waals surface area contributed by atoms with Gasteiger partial charge in [-0.25, -0.2) is 14.6 Å². The van der Waals surface area contributed by atoms with Crippen LogP contribution in [0.4, 0.5) is 32.7 Å². The Morgan fingerprint density at radius 2 is 1.41 bits per heavy atom. The van der Waals surface area contributed by atoms with Crippen LogP contribution in [0.1, 0.15) is 94.4 Å². The first-order valence-electron chi connectivity index (χ1n) is 36.3. The normalized spacial score (nSPS) is 14.3. The number of unbranched alkanes of at least 4 members (excludes halogenated alkanes) is 2. The highest BCUT2D eigenvalue weighted by Gasteiger charge is 2.48. The molecule has 2 atom stereocenters. The minimum Gasteiger partial charge on any atom is -0.496 e. The van der Waals surface area contributed by atoms with E-state index in [0.29, 0.717) is 114 Å². The summed E-state index contributed by atoms with van der Waals surface area (Å²) in [6.07, 6.45) is 5.20. The van der Waals surface area contributed by atoms with Crippen molar-refractivity contribution in [2.45, 2.75) is 116 Å². The van der Waals surface area contributed by atoms with Crippen molar-refractivity contribution in [3.63, 3.8) is 0 Å². The number of nitrogen functional groups attached to an aromatic ring is 1. The molecule has 0 radical (unpaired) electrons. The second-order valence-corrected chi connectivity index (χ2v) is 26.7. The molecule has 568 valence electrons. The average molecular weight is 1460 g/mol. The number of aromatic nitrogens is 6. The summed E-state index contributed by atoms with van der Waals surface area (Å²) in [6, 6.07) is 27.5. The molecular formula is C75H99N17O14. The zero-order valence-electron chi connectivity index (χ0n) is 60.8. The predicted octanol–water partition coefficient (Wildman–Crippen LogP) is 6.26. The highest BCUT2D eigenvalue weighted by atomic mass is 16.6. The third-order valence-corrected chi connectivity index (χ3v) is 18.4. The van der Waals surface area contributed by atoms with Crippen molar-refractivity contribution in [2.24, 2.45) is 11.7 Å². The lowest BCUT2D eigenvalue weighted by molar-refractivity contribution is -0.181. The van der Waals surface area contributed by atoms with Crippen molar-refractivity contribution < 1.29 is 66.7 Å². The predicted molar refractivity (Wildman–Crippen MR) is 397 cm³/mol. The molecule has 0 unspecified atom stereocenters. The molecule has 6 heterocycles. The molecule has 31 heteroatoms. The van der Waals surface area contributed by atoms with Gasteiger partial charge in [0, 0.05) is 93.7 Å². The number of hydrogen-bond donors (Lipinski definition) is 9. The van der Waals surface area contributed by atoms with Gasteiger partial charge in [0.2, 0.25) is 35.5 Å². The van der Waals surface area contributed by atoms with Crippen LogP contribution in [0.3, 0.4) is 0 Å². The lowest BCUT2D eigenvalue weighted by Crippen LogP contribution is -2.70. The van der Waals surface area contributed by atoms with Gasteiger partial charge in [-0.3, -0.25) is 28.9 Å². The number of likely N-dealkylation sites (tertiary alicyclic amines) is 1. The van der Waals surface area contributed by atoms with E-state index in [2.05, 4.69) is 91.9 Å². The number of para-hydroxylation sites is 1. The number of rotatable bonds is 40. The van der Waals surface area contributed by atoms with E-state index in [1.54, 1.807) is 55.0 Å². The first-order valence-corrected chi connectivity index (χ1v) is 36.3. The number of carbonyl (C=O) groups is 7. The fourth-order valence-electron chi connectivity index (χ4n) is 13.0. The molecule has 8 amide bonds. The van der Waals surface area contributed by atoms with Crippen LogP contribution in [0.2, 0.25) is 0 Å². The summed E-state index contributed by atoms with van der Waals surface area (Å²) in [4.78, 5) is 107. The molecule has 1 spiro atoms. The summed E-state index contributed by atoms with van der Waals surface area (Å²) < 4.78 is 42.5. The third-order valence-electron chi connectivity index (χ3n) is 18.4. The maximum atomic E-state index is 13.8. The van der Waals surface area contributed by atoms with Crippen molar-refractivity contribution in [3.05, 3.63) is 126 Å². The van der Waals surface area contributed by atoms with Gasteiger partial charge in [0.15, 0.2) is 5.82 Å². The molecule has 7 aromatic rings. The molecule has 3 aromatic heterocycles. The number of morpholine rings is 1. The van der Waals surface area contributed by atoms with Gasteiger partial charge in [0.1, 0.15) is 46.9 Å². The van der Waals surface area contributed by atoms with Gasteiger partial charge in [-0.15, -0.1) is 0 Å². The molecular weight excluding hydrogens is 1360 g/mol. The number of H-pyrrole nitrogens is 1. The Balaban J connectivity index is 0.573. The van der Waals surface area contributed by atoms with Crippen LogP contribution in [0.15, 0.2) is 103 Å². The number of carbonyl (C=O) groups excluding carboxylic acids is 7. The molecule has 106 heavy (non-hydrogen) atoms. The quantitative estimate of drug-likeness (QED) is 0.0191. The van der Waals surface area contributed by atoms with Gasteiger partial charge in [-0.1, -0.05) is 100 Å². The zero-order valence-corrected chi connectivity index (χ0v) is 60.8. The monoisotopic (exact) mass is 1460 g/mol. The number of primary amides is 1. The van der Waals surface area contributed by atoms with Gasteiger partial charge in [0.25, 0.3) is 0 Å². The number of hydrogen-bond acceptors (Lipinski definition) is 21. The van der Waals surface area contributed by atoms with Crippen molar-refractivity contribution in [1.29, 1.82) is 0 Å². The number of benzene rings is 4. The number of nitrogens with one attached hydrogen (secondary N) is 7. The molecule has 0 saturated carbocycles. The lowest BCUT2D eigenvalue weighted by Gasteiger charge is -2.53. The number of ether oxygens (including phenoxy) is 7. The molecule has 0 bridgehead atoms. The topological polar surface area (TPSA) is 390 Å². The molecule has 2 saturated heterocycles. The lowest BCUT2D eigenvalue weighted by atomic mass is 9.91. The maximum Gasteiger partial charge on any atom is 0.410 e. The first kappa shape index (κ1) is 78.3. The average Bonchev–Trinajstić information content (AvgIpc) is 1.06. The Hall–Kier alpha value is -10.3. The highest BCUT2D eigenvalue weighted by molar-refractivity contribution is 6.01. The van der Waals surface area contributed by atoms with Gasteiger partial charge in [-0.05, 0) is 72.2 Å². The molecule has 0 aliphatic carbocycles. The van der Waals surface area contributed by atoms with E-state index in [0.717, 1.165) is 76.1 Å². The van der Waals surface area contributed by atoms with E-state index < -0.39 is 47.5 Å². The van der Waals surface area contributed by atoms with Crippen molar-refractivity contribution >= 4 is 75.8 Å². The van der Waals surface area contributed by atoms with Crippen molar-refractivity contribution in [2.75, 3.05) is 134 Å². The Bertz CT molecular complexity index is 4090. The SMILES string of the molecule is CCCCCNc1nc(N)nc2ccn(Cc3ccc(CN4CC5(C4)CN(C(=O)OCc4ccc(NC(=O)[C@H](CCCNC(N)=O)NC(=O)[C@@H](NC(=O)CCOCCOCCOCCOCCNC(=O)CCC(=O)N6Cc7ccccc7-c7n[nH]nc7-c7ccccc76)C(C)C)cc4)CCO5)cc3OC)c12. The van der Waals surface area contributed by atoms with Gasteiger partial charge < -0.3 is 90.9 Å². The molecule has 3 aliphatic heterocycles. The van der Waals surface area contributed by atoms with Crippen LogP contribution in [0, 0.1) is 5.92 Å². The molecule has 10 rings (SSSR count). The number of nitrogens with two attached hydrogens (primary N) is 2. The van der Waals surface area contributed by atoms with E-state index in [4.69, 9.17) is 44.6 Å². The van der Waals surface area contributed by atoms with Crippen LogP contribution in [-0.4, -0.2) is 211 Å². The third kappa shape index (κ3) is 22.1. The van der Waals surface area contributed by atoms with Crippen molar-refractivity contribution in [1.82, 2.24) is 61.0 Å². The fourth-order valence-corrected chi connectivity index (χ4v) is 13.0. The van der Waals surface area contributed by atoms with Gasteiger partial charge in [0.05, 0.1) is 97.4 Å². The minimum absolute atomic E-state index is 0.0115. The molecule has 3 aliphatic rings. The van der Waals surface area contributed by atoms with E-state index in [-0.39, 0.29) is 95.5 Å². The summed E-state index contributed by atoms with van der Waals surface area (Å²) in [5, 5.41) is 28.7. The Kier molecular flexibility index (Phi) is 28.9. The number of methoxy groups -OCH3 is 1. The molecule has 31 nitrogen and oxygen atoms in total. The van der Waals surface area contributed by atoms with E-state index in [9.17, 15) is 33.6 Å². The summed E-state index contributed by atoms with van der Waals surface area (Å²) in [5.74, 6) is -0.641. The number of urea groups is 1. The number of amides is 8. The Labute approximate surface area is 616 Å². The summed E-state index contributed by atoms with van der Waals surface area (Å²) in [6.45, 7) is 12.8. The van der Waals surface area contributed by atoms with Crippen molar-refractivity contribution in [3.8, 4) is 28.3 Å². The standard InChI is InChI=1S/C75H99N17O14/c1-5-6-11-28-79-69-68-58(83-72(76)85-69)26-31-90(68)44-54-21-18-52(42-61(54)100-4)43-89-47-75(48-89)49-91(32-35-106-75)74(99)105-46-51-19-22-55(23-20-51)81-70(96)59(16-12-29-80-73(77)98)82-71(97)65(50(2)3)84-63(94)27-33-101-36-38-103-40-41-104-39-37-102-34-30-78-62(93)24-25-64(95)92-45-53-13-7-8-14-56(53)66-67(87-88-86-66)57-15-9-10-17-60(57)92/h7-10,13-15,17-23,26,31,42,50,59,65H,5-6,11-12,16,24-25,27-30,32-41,43-49H2,1-4H3,(H,78,93)(H,81,96)(H,82,97)(H,84,94)(H3,77,80,98)(H,86,87,88)(H3,76,79,83,85)/t59-,65-/m0/s1. The van der Waals surface area contributed by atoms with Crippen LogP contribution in [0.25, 0.3) is 33.5 Å². The van der Waals surface area contributed by atoms with Gasteiger partial charge >= 0.3 is 12.1 Å². The maximum absolute atomic E-state index is 13.8. The number of aromatic amines is 1. The second kappa shape index (κ2) is 39.2. The summed E-state index contributed by atoms with van der Waals surface area (Å²) in [5.41, 5.74) is 20.3. The first-order chi connectivity index (χ1) is 51.5. The van der Waals surface area contributed by atoms with E-state index >= 15 is 0 Å². The second-order valence-electron chi connectivity index (χ2n) is 26.7. The summed E-state index contributed by atoms with van der Waals surface area (Å²) >= 11 is 0.